The first-order valence-corrected chi connectivity index (χ1v) is 5.21. The van der Waals surface area contributed by atoms with Gasteiger partial charge in [-0.15, -0.1) is 0 Å². The zero-order valence-electron chi connectivity index (χ0n) is 10.3. The van der Waals surface area contributed by atoms with Crippen molar-refractivity contribution in [2.75, 3.05) is 20.8 Å². The second kappa shape index (κ2) is 5.94. The molecule has 0 amide bonds. The molecule has 0 aromatic heterocycles. The molecule has 17 heavy (non-hydrogen) atoms. The van der Waals surface area contributed by atoms with Crippen LogP contribution in [-0.4, -0.2) is 27.1 Å². The molecule has 0 unspecified atom stereocenters. The van der Waals surface area contributed by atoms with E-state index >= 15 is 0 Å². The Bertz CT molecular complexity index is 424. The van der Waals surface area contributed by atoms with Crippen molar-refractivity contribution in [2.24, 2.45) is 0 Å². The monoisotopic (exact) mass is 236 g/mol. The third kappa shape index (κ3) is 2.78. The van der Waals surface area contributed by atoms with Crippen molar-refractivity contribution in [3.05, 3.63) is 29.8 Å². The minimum atomic E-state index is 0.440. The van der Waals surface area contributed by atoms with Gasteiger partial charge in [0.15, 0.2) is 17.8 Å². The molecule has 4 nitrogen and oxygen atoms in total. The largest absolute Gasteiger partial charge is 0.494 e. The lowest BCUT2D eigenvalue weighted by atomic mass is 10.1. The highest BCUT2D eigenvalue weighted by Gasteiger charge is 2.13. The van der Waals surface area contributed by atoms with Crippen LogP contribution in [0.5, 0.6) is 11.5 Å². The van der Waals surface area contributed by atoms with Crippen LogP contribution in [0, 0.1) is 0 Å². The van der Waals surface area contributed by atoms with Crippen LogP contribution in [0.3, 0.4) is 0 Å². The van der Waals surface area contributed by atoms with Crippen molar-refractivity contribution in [2.45, 2.75) is 6.92 Å². The fourth-order valence-electron chi connectivity index (χ4n) is 1.49. The number of aldehydes is 1. The first-order valence-electron chi connectivity index (χ1n) is 5.21. The molecule has 1 aromatic rings. The Morgan fingerprint density at radius 2 is 1.88 bits per heavy atom. The maximum atomic E-state index is 11.0. The van der Waals surface area contributed by atoms with Gasteiger partial charge in [-0.25, -0.2) is 0 Å². The highest BCUT2D eigenvalue weighted by atomic mass is 16.5. The number of carbonyl (C=O) groups excluding carboxylic acids is 1. The topological polar surface area (TPSA) is 44.8 Å². The average Bonchev–Trinajstić information content (AvgIpc) is 2.37. The maximum Gasteiger partial charge on any atom is 0.161 e. The van der Waals surface area contributed by atoms with Crippen molar-refractivity contribution >= 4 is 12.0 Å². The van der Waals surface area contributed by atoms with Crippen molar-refractivity contribution in [3.63, 3.8) is 0 Å². The molecule has 1 aromatic carbocycles. The first-order chi connectivity index (χ1) is 8.17. The predicted octanol–water partition coefficient (Wildman–Crippen LogP) is 2.52. The van der Waals surface area contributed by atoms with Gasteiger partial charge >= 0.3 is 0 Å². The van der Waals surface area contributed by atoms with Crippen molar-refractivity contribution in [1.29, 1.82) is 0 Å². The van der Waals surface area contributed by atoms with E-state index in [1.807, 2.05) is 6.92 Å². The third-order valence-corrected chi connectivity index (χ3v) is 2.30. The van der Waals surface area contributed by atoms with Crippen LogP contribution in [-0.2, 0) is 4.74 Å². The van der Waals surface area contributed by atoms with E-state index in [-0.39, 0.29) is 0 Å². The van der Waals surface area contributed by atoms with Gasteiger partial charge in [0.1, 0.15) is 5.76 Å². The molecular formula is C13H16O4. The molecule has 0 fully saturated rings. The molecule has 0 atom stereocenters. The van der Waals surface area contributed by atoms with Gasteiger partial charge in [0.05, 0.1) is 20.8 Å². The summed E-state index contributed by atoms with van der Waals surface area (Å²) >= 11 is 0. The van der Waals surface area contributed by atoms with Gasteiger partial charge in [0.25, 0.3) is 0 Å². The van der Waals surface area contributed by atoms with E-state index in [2.05, 4.69) is 6.58 Å². The summed E-state index contributed by atoms with van der Waals surface area (Å²) in [6, 6.07) is 3.28. The minimum Gasteiger partial charge on any atom is -0.494 e. The van der Waals surface area contributed by atoms with Crippen LogP contribution in [0.25, 0.3) is 5.76 Å². The number of hydrogen-bond donors (Lipinski definition) is 0. The molecule has 1 rings (SSSR count). The standard InChI is InChI=1S/C13H16O4/c1-5-17-9(2)11-7-13(16-4)12(15-3)6-10(11)8-14/h6-8H,2,5H2,1,3-4H3. The number of methoxy groups -OCH3 is 2. The zero-order valence-corrected chi connectivity index (χ0v) is 10.3. The average molecular weight is 236 g/mol. The first kappa shape index (κ1) is 13.1. The van der Waals surface area contributed by atoms with E-state index in [0.29, 0.717) is 35.0 Å². The van der Waals surface area contributed by atoms with Crippen molar-refractivity contribution in [1.82, 2.24) is 0 Å². The van der Waals surface area contributed by atoms with Gasteiger partial charge in [0, 0.05) is 11.1 Å². The fourth-order valence-corrected chi connectivity index (χ4v) is 1.49. The molecule has 0 aliphatic heterocycles. The third-order valence-electron chi connectivity index (χ3n) is 2.30. The lowest BCUT2D eigenvalue weighted by Gasteiger charge is -2.13. The van der Waals surface area contributed by atoms with E-state index in [1.54, 1.807) is 12.1 Å². The van der Waals surface area contributed by atoms with E-state index in [9.17, 15) is 4.79 Å². The van der Waals surface area contributed by atoms with Crippen molar-refractivity contribution in [3.8, 4) is 11.5 Å². The molecule has 0 bridgehead atoms. The van der Waals surface area contributed by atoms with Gasteiger partial charge in [-0.1, -0.05) is 6.58 Å². The summed E-state index contributed by atoms with van der Waals surface area (Å²) in [7, 11) is 3.05. The summed E-state index contributed by atoms with van der Waals surface area (Å²) in [5.41, 5.74) is 1.07. The molecule has 0 saturated heterocycles. The minimum absolute atomic E-state index is 0.440. The van der Waals surface area contributed by atoms with Gasteiger partial charge < -0.3 is 14.2 Å². The summed E-state index contributed by atoms with van der Waals surface area (Å²) in [5, 5.41) is 0. The maximum absolute atomic E-state index is 11.0. The zero-order chi connectivity index (χ0) is 12.8. The lowest BCUT2D eigenvalue weighted by Crippen LogP contribution is -1.99. The molecule has 0 heterocycles. The van der Waals surface area contributed by atoms with E-state index in [4.69, 9.17) is 14.2 Å². The van der Waals surface area contributed by atoms with Crippen LogP contribution in [0.4, 0.5) is 0 Å². The van der Waals surface area contributed by atoms with Crippen LogP contribution in [0.1, 0.15) is 22.8 Å². The second-order valence-electron chi connectivity index (χ2n) is 3.27. The van der Waals surface area contributed by atoms with Crippen LogP contribution < -0.4 is 9.47 Å². The van der Waals surface area contributed by atoms with Gasteiger partial charge in [-0.05, 0) is 19.1 Å². The number of rotatable bonds is 6. The Kier molecular flexibility index (Phi) is 4.57. The van der Waals surface area contributed by atoms with Crippen LogP contribution in [0.2, 0.25) is 0 Å². The summed E-state index contributed by atoms with van der Waals surface area (Å²) in [6.45, 7) is 6.12. The number of benzene rings is 1. The normalized spacial score (nSPS) is 9.59. The van der Waals surface area contributed by atoms with E-state index in [0.717, 1.165) is 6.29 Å². The number of hydrogen-bond acceptors (Lipinski definition) is 4. The Morgan fingerprint density at radius 3 is 2.35 bits per heavy atom. The molecule has 92 valence electrons. The summed E-state index contributed by atoms with van der Waals surface area (Å²) in [6.07, 6.45) is 0.738. The molecule has 0 aliphatic carbocycles. The molecule has 0 spiro atoms. The number of carbonyl (C=O) groups is 1. The SMILES string of the molecule is C=C(OCC)c1cc(OC)c(OC)cc1C=O. The molecule has 4 heteroatoms. The smallest absolute Gasteiger partial charge is 0.161 e. The van der Waals surface area contributed by atoms with E-state index in [1.165, 1.54) is 14.2 Å². The fraction of sp³-hybridized carbons (Fsp3) is 0.308. The summed E-state index contributed by atoms with van der Waals surface area (Å²) in [4.78, 5) is 11.0. The number of ether oxygens (including phenoxy) is 3. The van der Waals surface area contributed by atoms with Gasteiger partial charge in [-0.2, -0.15) is 0 Å². The Labute approximate surface area is 101 Å². The highest BCUT2D eigenvalue weighted by molar-refractivity contribution is 5.85. The Morgan fingerprint density at radius 1 is 1.29 bits per heavy atom. The second-order valence-corrected chi connectivity index (χ2v) is 3.27. The summed E-state index contributed by atoms with van der Waals surface area (Å²) < 4.78 is 15.6. The van der Waals surface area contributed by atoms with Gasteiger partial charge in [-0.3, -0.25) is 4.79 Å². The van der Waals surface area contributed by atoms with Crippen LogP contribution >= 0.6 is 0 Å². The Hall–Kier alpha value is -1.97. The quantitative estimate of drug-likeness (QED) is 0.562. The molecular weight excluding hydrogens is 220 g/mol. The molecule has 0 saturated carbocycles. The Balaban J connectivity index is 3.28. The van der Waals surface area contributed by atoms with Crippen LogP contribution in [0.15, 0.2) is 18.7 Å². The molecule has 0 N–H and O–H groups in total. The van der Waals surface area contributed by atoms with Gasteiger partial charge in [0.2, 0.25) is 0 Å². The predicted molar refractivity (Wildman–Crippen MR) is 65.6 cm³/mol. The molecule has 0 radical (unpaired) electrons. The summed E-state index contributed by atoms with van der Waals surface area (Å²) in [5.74, 6) is 1.48. The highest BCUT2D eigenvalue weighted by Crippen LogP contribution is 2.32. The van der Waals surface area contributed by atoms with E-state index < -0.39 is 0 Å². The lowest BCUT2D eigenvalue weighted by molar-refractivity contribution is 0.112. The van der Waals surface area contributed by atoms with Crippen molar-refractivity contribution < 1.29 is 19.0 Å². The molecule has 0 aliphatic rings.